The standard InChI is InChI=1S/C14H14F3N3O2/c1-8(2)20-11(7-12(18)19-20)13(21)22-10-5-3-9(4-6-10)14(15,16)17/h3-8H,1-2H3,(H2,18,19). The lowest BCUT2D eigenvalue weighted by atomic mass is 10.2. The van der Waals surface area contributed by atoms with Crippen LogP contribution in [0, 0.1) is 0 Å². The molecule has 5 nitrogen and oxygen atoms in total. The summed E-state index contributed by atoms with van der Waals surface area (Å²) in [6, 6.07) is 5.09. The second-order valence-electron chi connectivity index (χ2n) is 4.90. The second kappa shape index (κ2) is 5.70. The summed E-state index contributed by atoms with van der Waals surface area (Å²) in [5.41, 5.74) is 4.87. The molecule has 8 heteroatoms. The maximum absolute atomic E-state index is 12.5. The summed E-state index contributed by atoms with van der Waals surface area (Å²) in [5, 5.41) is 3.96. The fourth-order valence-corrected chi connectivity index (χ4v) is 1.83. The van der Waals surface area contributed by atoms with Crippen molar-refractivity contribution in [3.05, 3.63) is 41.6 Å². The highest BCUT2D eigenvalue weighted by Gasteiger charge is 2.30. The number of ether oxygens (including phenoxy) is 1. The lowest BCUT2D eigenvalue weighted by Gasteiger charge is -2.11. The summed E-state index contributed by atoms with van der Waals surface area (Å²) in [6.07, 6.45) is -4.44. The van der Waals surface area contributed by atoms with Crippen LogP contribution in [0.1, 0.15) is 35.9 Å². The number of hydrogen-bond acceptors (Lipinski definition) is 4. The molecule has 1 aromatic heterocycles. The van der Waals surface area contributed by atoms with E-state index in [0.29, 0.717) is 0 Å². The van der Waals surface area contributed by atoms with Gasteiger partial charge in [0.1, 0.15) is 17.3 Å². The highest BCUT2D eigenvalue weighted by Crippen LogP contribution is 2.30. The van der Waals surface area contributed by atoms with Gasteiger partial charge in [-0.05, 0) is 38.1 Å². The van der Waals surface area contributed by atoms with Crippen molar-refractivity contribution in [1.29, 1.82) is 0 Å². The second-order valence-corrected chi connectivity index (χ2v) is 4.90. The Labute approximate surface area is 124 Å². The molecule has 0 aliphatic rings. The molecular formula is C14H14F3N3O2. The van der Waals surface area contributed by atoms with Crippen LogP contribution in [0.5, 0.6) is 5.75 Å². The molecule has 0 saturated heterocycles. The molecule has 0 radical (unpaired) electrons. The average molecular weight is 313 g/mol. The van der Waals surface area contributed by atoms with Crippen LogP contribution >= 0.6 is 0 Å². The lowest BCUT2D eigenvalue weighted by Crippen LogP contribution is -2.17. The van der Waals surface area contributed by atoms with E-state index in [9.17, 15) is 18.0 Å². The molecule has 1 aromatic carbocycles. The molecule has 0 fully saturated rings. The predicted octanol–water partition coefficient (Wildman–Crippen LogP) is 3.28. The maximum Gasteiger partial charge on any atom is 0.416 e. The van der Waals surface area contributed by atoms with Gasteiger partial charge in [0.2, 0.25) is 0 Å². The topological polar surface area (TPSA) is 70.1 Å². The van der Waals surface area contributed by atoms with Gasteiger partial charge in [-0.1, -0.05) is 0 Å². The number of benzene rings is 1. The van der Waals surface area contributed by atoms with E-state index in [2.05, 4.69) is 5.10 Å². The first kappa shape index (κ1) is 15.9. The highest BCUT2D eigenvalue weighted by atomic mass is 19.4. The Hall–Kier alpha value is -2.51. The van der Waals surface area contributed by atoms with Crippen molar-refractivity contribution in [2.75, 3.05) is 5.73 Å². The number of nitrogens with zero attached hydrogens (tertiary/aromatic N) is 2. The Kier molecular flexibility index (Phi) is 4.11. The molecule has 0 amide bonds. The largest absolute Gasteiger partial charge is 0.422 e. The third-order valence-electron chi connectivity index (χ3n) is 2.85. The van der Waals surface area contributed by atoms with E-state index in [1.54, 1.807) is 13.8 Å². The number of anilines is 1. The van der Waals surface area contributed by atoms with Gasteiger partial charge in [-0.3, -0.25) is 4.68 Å². The lowest BCUT2D eigenvalue weighted by molar-refractivity contribution is -0.137. The van der Waals surface area contributed by atoms with Crippen LogP contribution in [0.4, 0.5) is 19.0 Å². The van der Waals surface area contributed by atoms with Crippen molar-refractivity contribution in [1.82, 2.24) is 9.78 Å². The summed E-state index contributed by atoms with van der Waals surface area (Å²) < 4.78 is 43.8. The van der Waals surface area contributed by atoms with Gasteiger partial charge in [0.05, 0.1) is 5.56 Å². The number of halogens is 3. The van der Waals surface area contributed by atoms with E-state index in [4.69, 9.17) is 10.5 Å². The van der Waals surface area contributed by atoms with Crippen LogP contribution < -0.4 is 10.5 Å². The number of nitrogen functional groups attached to an aromatic ring is 1. The van der Waals surface area contributed by atoms with Gasteiger partial charge < -0.3 is 10.5 Å². The Bertz CT molecular complexity index is 676. The number of carbonyl (C=O) groups excluding carboxylic acids is 1. The third-order valence-corrected chi connectivity index (χ3v) is 2.85. The van der Waals surface area contributed by atoms with Crippen molar-refractivity contribution >= 4 is 11.8 Å². The van der Waals surface area contributed by atoms with Crippen LogP contribution in [-0.4, -0.2) is 15.7 Å². The van der Waals surface area contributed by atoms with Crippen molar-refractivity contribution in [2.45, 2.75) is 26.1 Å². The molecule has 0 unspecified atom stereocenters. The number of esters is 1. The van der Waals surface area contributed by atoms with Crippen molar-refractivity contribution in [3.63, 3.8) is 0 Å². The molecule has 118 valence electrons. The van der Waals surface area contributed by atoms with Crippen LogP contribution in [0.15, 0.2) is 30.3 Å². The summed E-state index contributed by atoms with van der Waals surface area (Å²) in [6.45, 7) is 3.61. The summed E-state index contributed by atoms with van der Waals surface area (Å²) in [4.78, 5) is 12.1. The minimum atomic E-state index is -4.44. The van der Waals surface area contributed by atoms with Crippen LogP contribution in [0.2, 0.25) is 0 Å². The molecule has 0 saturated carbocycles. The zero-order chi connectivity index (χ0) is 16.5. The molecule has 0 atom stereocenters. The van der Waals surface area contributed by atoms with Gasteiger partial charge in [-0.25, -0.2) is 4.79 Å². The minimum absolute atomic E-state index is 0.00748. The number of aromatic nitrogens is 2. The monoisotopic (exact) mass is 313 g/mol. The fraction of sp³-hybridized carbons (Fsp3) is 0.286. The fourth-order valence-electron chi connectivity index (χ4n) is 1.83. The van der Waals surface area contributed by atoms with Crippen LogP contribution in [0.25, 0.3) is 0 Å². The summed E-state index contributed by atoms with van der Waals surface area (Å²) in [7, 11) is 0. The zero-order valence-corrected chi connectivity index (χ0v) is 11.9. The number of carbonyl (C=O) groups is 1. The Morgan fingerprint density at radius 1 is 1.27 bits per heavy atom. The average Bonchev–Trinajstić information content (AvgIpc) is 2.81. The van der Waals surface area contributed by atoms with E-state index in [-0.39, 0.29) is 23.3 Å². The number of alkyl halides is 3. The van der Waals surface area contributed by atoms with E-state index in [1.807, 2.05) is 0 Å². The third kappa shape index (κ3) is 3.38. The molecule has 0 bridgehead atoms. The maximum atomic E-state index is 12.5. The summed E-state index contributed by atoms with van der Waals surface area (Å²) in [5.74, 6) is -0.571. The molecule has 2 aromatic rings. The molecule has 1 heterocycles. The van der Waals surface area contributed by atoms with Gasteiger partial charge in [-0.2, -0.15) is 18.3 Å². The van der Waals surface area contributed by atoms with Gasteiger partial charge in [-0.15, -0.1) is 0 Å². The SMILES string of the molecule is CC(C)n1nc(N)cc1C(=O)Oc1ccc(C(F)(F)F)cc1. The zero-order valence-electron chi connectivity index (χ0n) is 11.9. The van der Waals surface area contributed by atoms with Gasteiger partial charge in [0, 0.05) is 12.1 Å². The Morgan fingerprint density at radius 2 is 1.86 bits per heavy atom. The van der Waals surface area contributed by atoms with Gasteiger partial charge in [0.25, 0.3) is 0 Å². The van der Waals surface area contributed by atoms with Crippen molar-refractivity contribution in [3.8, 4) is 5.75 Å². The first-order valence-electron chi connectivity index (χ1n) is 6.43. The predicted molar refractivity (Wildman–Crippen MR) is 73.4 cm³/mol. The quantitative estimate of drug-likeness (QED) is 0.697. The molecule has 2 rings (SSSR count). The van der Waals surface area contributed by atoms with Crippen LogP contribution in [0.3, 0.4) is 0 Å². The van der Waals surface area contributed by atoms with Crippen molar-refractivity contribution in [2.24, 2.45) is 0 Å². The number of hydrogen-bond donors (Lipinski definition) is 1. The van der Waals surface area contributed by atoms with E-state index in [1.165, 1.54) is 10.7 Å². The minimum Gasteiger partial charge on any atom is -0.422 e. The first-order chi connectivity index (χ1) is 10.2. The molecule has 22 heavy (non-hydrogen) atoms. The Morgan fingerprint density at radius 3 is 2.36 bits per heavy atom. The smallest absolute Gasteiger partial charge is 0.416 e. The van der Waals surface area contributed by atoms with E-state index >= 15 is 0 Å². The molecule has 0 aliphatic heterocycles. The summed E-state index contributed by atoms with van der Waals surface area (Å²) >= 11 is 0. The van der Waals surface area contributed by atoms with Gasteiger partial charge >= 0.3 is 12.1 Å². The highest BCUT2D eigenvalue weighted by molar-refractivity contribution is 5.90. The van der Waals surface area contributed by atoms with E-state index in [0.717, 1.165) is 24.3 Å². The number of rotatable bonds is 3. The molecular weight excluding hydrogens is 299 g/mol. The molecule has 2 N–H and O–H groups in total. The molecule has 0 spiro atoms. The normalized spacial score (nSPS) is 11.7. The number of nitrogens with two attached hydrogens (primary N) is 1. The molecule has 0 aliphatic carbocycles. The van der Waals surface area contributed by atoms with Gasteiger partial charge in [0.15, 0.2) is 0 Å². The van der Waals surface area contributed by atoms with Crippen LogP contribution in [-0.2, 0) is 6.18 Å². The van der Waals surface area contributed by atoms with E-state index < -0.39 is 17.7 Å². The Balaban J connectivity index is 2.19. The van der Waals surface area contributed by atoms with Crippen molar-refractivity contribution < 1.29 is 22.7 Å². The first-order valence-corrected chi connectivity index (χ1v) is 6.43.